The van der Waals surface area contributed by atoms with Crippen molar-refractivity contribution in [3.63, 3.8) is 0 Å². The maximum Gasteiger partial charge on any atom is 0.225 e. The van der Waals surface area contributed by atoms with Crippen LogP contribution in [0.4, 0.5) is 0 Å². The van der Waals surface area contributed by atoms with E-state index < -0.39 is 6.10 Å². The van der Waals surface area contributed by atoms with Crippen LogP contribution in [-0.4, -0.2) is 38.6 Å². The zero-order valence-electron chi connectivity index (χ0n) is 11.9. The van der Waals surface area contributed by atoms with E-state index >= 15 is 0 Å². The third kappa shape index (κ3) is 2.97. The van der Waals surface area contributed by atoms with Gasteiger partial charge in [0.25, 0.3) is 0 Å². The molecule has 2 unspecified atom stereocenters. The average Bonchev–Trinajstić information content (AvgIpc) is 2.83. The maximum absolute atomic E-state index is 12.0. The summed E-state index contributed by atoms with van der Waals surface area (Å²) in [4.78, 5) is 18.1. The van der Waals surface area contributed by atoms with E-state index in [1.54, 1.807) is 6.20 Å². The highest BCUT2D eigenvalue weighted by atomic mass is 16.3. The molecule has 2 rings (SSSR count). The number of aryl methyl sites for hydroxylation is 1. The molecular weight excluding hydrogens is 242 g/mol. The Hall–Kier alpha value is -1.36. The number of imidazole rings is 1. The van der Waals surface area contributed by atoms with Crippen LogP contribution in [0.5, 0.6) is 0 Å². The Morgan fingerprint density at radius 2 is 2.26 bits per heavy atom. The van der Waals surface area contributed by atoms with Gasteiger partial charge in [0.1, 0.15) is 11.9 Å². The van der Waals surface area contributed by atoms with Gasteiger partial charge in [-0.25, -0.2) is 4.98 Å². The van der Waals surface area contributed by atoms with Crippen molar-refractivity contribution in [2.45, 2.75) is 32.8 Å². The van der Waals surface area contributed by atoms with Crippen molar-refractivity contribution >= 4 is 5.91 Å². The molecule has 0 radical (unpaired) electrons. The summed E-state index contributed by atoms with van der Waals surface area (Å²) in [6.07, 6.45) is 4.82. The highest BCUT2D eigenvalue weighted by Gasteiger charge is 2.31. The molecule has 1 aromatic rings. The van der Waals surface area contributed by atoms with Crippen LogP contribution in [0.1, 0.15) is 38.6 Å². The van der Waals surface area contributed by atoms with Gasteiger partial charge in [-0.3, -0.25) is 4.79 Å². The zero-order valence-corrected chi connectivity index (χ0v) is 11.9. The minimum Gasteiger partial charge on any atom is -0.385 e. The van der Waals surface area contributed by atoms with Crippen molar-refractivity contribution < 1.29 is 9.90 Å². The first-order chi connectivity index (χ1) is 9.00. The molecule has 1 saturated heterocycles. The number of hydrogen-bond donors (Lipinski definition) is 1. The topological polar surface area (TPSA) is 58.4 Å². The monoisotopic (exact) mass is 265 g/mol. The molecular formula is C14H23N3O2. The molecule has 19 heavy (non-hydrogen) atoms. The minimum atomic E-state index is -0.595. The Bertz CT molecular complexity index is 442. The average molecular weight is 265 g/mol. The second-order valence-electron chi connectivity index (χ2n) is 5.68. The number of amides is 1. The summed E-state index contributed by atoms with van der Waals surface area (Å²) in [5, 5.41) is 10.4. The normalized spacial score (nSPS) is 21.7. The van der Waals surface area contributed by atoms with Crippen molar-refractivity contribution in [3.8, 4) is 0 Å². The first-order valence-electron chi connectivity index (χ1n) is 6.94. The van der Waals surface area contributed by atoms with Gasteiger partial charge in [-0.15, -0.1) is 0 Å². The Kier molecular flexibility index (Phi) is 4.24. The molecule has 2 atom stereocenters. The molecule has 106 valence electrons. The molecule has 0 aromatic carbocycles. The molecule has 0 aliphatic carbocycles. The van der Waals surface area contributed by atoms with E-state index in [9.17, 15) is 9.90 Å². The lowest BCUT2D eigenvalue weighted by molar-refractivity contribution is -0.137. The lowest BCUT2D eigenvalue weighted by Crippen LogP contribution is -2.43. The first kappa shape index (κ1) is 14.1. The molecule has 1 aromatic heterocycles. The summed E-state index contributed by atoms with van der Waals surface area (Å²) in [5.74, 6) is 0.960. The number of carbonyl (C=O) groups is 1. The Morgan fingerprint density at radius 3 is 2.84 bits per heavy atom. The highest BCUT2D eigenvalue weighted by Crippen LogP contribution is 2.29. The van der Waals surface area contributed by atoms with E-state index in [-0.39, 0.29) is 17.7 Å². The van der Waals surface area contributed by atoms with Gasteiger partial charge in [0.2, 0.25) is 5.91 Å². The van der Waals surface area contributed by atoms with E-state index in [1.165, 1.54) is 0 Å². The van der Waals surface area contributed by atoms with E-state index in [0.717, 1.165) is 19.4 Å². The van der Waals surface area contributed by atoms with Gasteiger partial charge in [0.05, 0.1) is 0 Å². The number of aliphatic hydroxyl groups excluding tert-OH is 1. The lowest BCUT2D eigenvalue weighted by Gasteiger charge is -2.35. The molecule has 1 amide bonds. The number of carbonyl (C=O) groups excluding carboxylic acids is 1. The maximum atomic E-state index is 12.0. The number of rotatable bonds is 3. The van der Waals surface area contributed by atoms with Crippen LogP contribution in [0.25, 0.3) is 0 Å². The van der Waals surface area contributed by atoms with Crippen molar-refractivity contribution in [2.75, 3.05) is 13.1 Å². The fourth-order valence-electron chi connectivity index (χ4n) is 2.71. The molecule has 5 heteroatoms. The SMILES string of the molecule is CC(C)C(=O)N1CCCC(C(O)c2nccn2C)C1. The van der Waals surface area contributed by atoms with Crippen LogP contribution >= 0.6 is 0 Å². The smallest absolute Gasteiger partial charge is 0.225 e. The summed E-state index contributed by atoms with van der Waals surface area (Å²) >= 11 is 0. The minimum absolute atomic E-state index is 0.0176. The Labute approximate surface area is 114 Å². The Balaban J connectivity index is 2.05. The van der Waals surface area contributed by atoms with Crippen molar-refractivity contribution in [2.24, 2.45) is 18.9 Å². The third-order valence-corrected chi connectivity index (χ3v) is 3.83. The number of aliphatic hydroxyl groups is 1. The van der Waals surface area contributed by atoms with E-state index in [1.807, 2.05) is 36.6 Å². The first-order valence-corrected chi connectivity index (χ1v) is 6.94. The second-order valence-corrected chi connectivity index (χ2v) is 5.68. The van der Waals surface area contributed by atoms with Gasteiger partial charge in [0, 0.05) is 44.4 Å². The Morgan fingerprint density at radius 1 is 1.53 bits per heavy atom. The number of hydrogen-bond acceptors (Lipinski definition) is 3. The fraction of sp³-hybridized carbons (Fsp3) is 0.714. The van der Waals surface area contributed by atoms with Crippen LogP contribution in [0.15, 0.2) is 12.4 Å². The van der Waals surface area contributed by atoms with Gasteiger partial charge in [-0.05, 0) is 12.8 Å². The molecule has 0 bridgehead atoms. The highest BCUT2D eigenvalue weighted by molar-refractivity contribution is 5.78. The number of piperidine rings is 1. The predicted octanol–water partition coefficient (Wildman–Crippen LogP) is 1.35. The molecule has 2 heterocycles. The summed E-state index contributed by atoms with van der Waals surface area (Å²) in [7, 11) is 1.88. The summed E-state index contributed by atoms with van der Waals surface area (Å²) in [6.45, 7) is 5.27. The van der Waals surface area contributed by atoms with E-state index in [4.69, 9.17) is 0 Å². The quantitative estimate of drug-likeness (QED) is 0.897. The van der Waals surface area contributed by atoms with Gasteiger partial charge in [0.15, 0.2) is 0 Å². The van der Waals surface area contributed by atoms with E-state index in [2.05, 4.69) is 4.98 Å². The van der Waals surface area contributed by atoms with Gasteiger partial charge >= 0.3 is 0 Å². The van der Waals surface area contributed by atoms with Gasteiger partial charge < -0.3 is 14.6 Å². The van der Waals surface area contributed by atoms with Crippen LogP contribution in [0, 0.1) is 11.8 Å². The molecule has 1 aliphatic rings. The van der Waals surface area contributed by atoms with Crippen LogP contribution in [-0.2, 0) is 11.8 Å². The standard InChI is InChI=1S/C14H23N3O2/c1-10(2)14(19)17-7-4-5-11(9-17)12(18)13-15-6-8-16(13)3/h6,8,10-12,18H,4-5,7,9H2,1-3H3. The van der Waals surface area contributed by atoms with Crippen LogP contribution in [0.3, 0.4) is 0 Å². The molecule has 1 N–H and O–H groups in total. The van der Waals surface area contributed by atoms with Crippen LogP contribution in [0.2, 0.25) is 0 Å². The van der Waals surface area contributed by atoms with Crippen molar-refractivity contribution in [1.29, 1.82) is 0 Å². The second kappa shape index (κ2) is 5.74. The third-order valence-electron chi connectivity index (χ3n) is 3.83. The summed E-state index contributed by atoms with van der Waals surface area (Å²) in [5.41, 5.74) is 0. The number of likely N-dealkylation sites (tertiary alicyclic amines) is 1. The fourth-order valence-corrected chi connectivity index (χ4v) is 2.71. The lowest BCUT2D eigenvalue weighted by atomic mass is 9.91. The largest absolute Gasteiger partial charge is 0.385 e. The molecule has 0 saturated carbocycles. The summed E-state index contributed by atoms with van der Waals surface area (Å²) in [6, 6.07) is 0. The van der Waals surface area contributed by atoms with Gasteiger partial charge in [-0.1, -0.05) is 13.8 Å². The number of aromatic nitrogens is 2. The van der Waals surface area contributed by atoms with Crippen LogP contribution < -0.4 is 0 Å². The predicted molar refractivity (Wildman–Crippen MR) is 72.3 cm³/mol. The number of nitrogens with zero attached hydrogens (tertiary/aromatic N) is 3. The zero-order chi connectivity index (χ0) is 14.0. The molecule has 0 spiro atoms. The van der Waals surface area contributed by atoms with Crippen molar-refractivity contribution in [1.82, 2.24) is 14.5 Å². The summed E-state index contributed by atoms with van der Waals surface area (Å²) < 4.78 is 1.84. The van der Waals surface area contributed by atoms with Crippen molar-refractivity contribution in [3.05, 3.63) is 18.2 Å². The molecule has 1 aliphatic heterocycles. The van der Waals surface area contributed by atoms with E-state index in [0.29, 0.717) is 12.4 Å². The van der Waals surface area contributed by atoms with Gasteiger partial charge in [-0.2, -0.15) is 0 Å². The molecule has 5 nitrogen and oxygen atoms in total. The molecule has 1 fully saturated rings.